The molecule has 2 heterocycles. The summed E-state index contributed by atoms with van der Waals surface area (Å²) in [5.41, 5.74) is 0.548. The van der Waals surface area contributed by atoms with Crippen LogP contribution in [0.5, 0.6) is 5.75 Å². The van der Waals surface area contributed by atoms with Crippen LogP contribution in [0, 0.1) is 0 Å². The Morgan fingerprint density at radius 3 is 2.76 bits per heavy atom. The molecular weight excluding hydrogens is 434 g/mol. The van der Waals surface area contributed by atoms with Gasteiger partial charge in [0.25, 0.3) is 10.0 Å². The van der Waals surface area contributed by atoms with Crippen molar-refractivity contribution in [3.05, 3.63) is 41.8 Å². The van der Waals surface area contributed by atoms with Crippen LogP contribution in [0.15, 0.2) is 50.4 Å². The van der Waals surface area contributed by atoms with Crippen molar-refractivity contribution in [2.45, 2.75) is 22.8 Å². The van der Waals surface area contributed by atoms with E-state index in [9.17, 15) is 18.0 Å². The summed E-state index contributed by atoms with van der Waals surface area (Å²) >= 11 is 2.04. The molecule has 0 spiro atoms. The Kier molecular flexibility index (Phi) is 6.60. The molecule has 11 heteroatoms. The van der Waals surface area contributed by atoms with Crippen LogP contribution in [0.25, 0.3) is 0 Å². The standard InChI is InChI=1S/C18H19N3O5S3/c1-3-21-17(23)14(11-15(22)19-12-6-4-7-13(10-12)26-2)28-18(21)20-29(24,25)16-8-5-9-27-16/h4-10,14H,3,11H2,1-2H3,(H,19,22)/t14-/m0/s1. The molecule has 154 valence electrons. The molecule has 2 aromatic rings. The van der Waals surface area contributed by atoms with Crippen molar-refractivity contribution in [1.82, 2.24) is 4.90 Å². The first kappa shape index (κ1) is 21.3. The van der Waals surface area contributed by atoms with Gasteiger partial charge in [0, 0.05) is 24.7 Å². The number of thiophene rings is 1. The number of amides is 2. The molecule has 3 rings (SSSR count). The third-order valence-electron chi connectivity index (χ3n) is 4.01. The highest BCUT2D eigenvalue weighted by molar-refractivity contribution is 8.16. The number of carbonyl (C=O) groups excluding carboxylic acids is 2. The molecule has 1 aliphatic heterocycles. The first-order valence-corrected chi connectivity index (χ1v) is 11.8. The molecule has 29 heavy (non-hydrogen) atoms. The van der Waals surface area contributed by atoms with Crippen LogP contribution < -0.4 is 10.1 Å². The van der Waals surface area contributed by atoms with Crippen LogP contribution >= 0.6 is 23.1 Å². The second-order valence-electron chi connectivity index (χ2n) is 5.95. The molecule has 1 saturated heterocycles. The van der Waals surface area contributed by atoms with Gasteiger partial charge >= 0.3 is 0 Å². The fourth-order valence-corrected chi connectivity index (χ4v) is 6.03. The lowest BCUT2D eigenvalue weighted by Gasteiger charge is -2.13. The summed E-state index contributed by atoms with van der Waals surface area (Å²) in [5, 5.41) is 3.72. The highest BCUT2D eigenvalue weighted by atomic mass is 32.2. The van der Waals surface area contributed by atoms with Gasteiger partial charge in [-0.3, -0.25) is 14.5 Å². The van der Waals surface area contributed by atoms with Crippen molar-refractivity contribution in [3.8, 4) is 5.75 Å². The van der Waals surface area contributed by atoms with Crippen molar-refractivity contribution in [3.63, 3.8) is 0 Å². The number of hydrogen-bond donors (Lipinski definition) is 1. The Hall–Kier alpha value is -2.37. The normalized spacial score (nSPS) is 18.3. The summed E-state index contributed by atoms with van der Waals surface area (Å²) < 4.78 is 33.9. The molecular formula is C18H19N3O5S3. The monoisotopic (exact) mass is 453 g/mol. The van der Waals surface area contributed by atoms with Gasteiger partial charge in [0.05, 0.1) is 7.11 Å². The van der Waals surface area contributed by atoms with E-state index >= 15 is 0 Å². The number of carbonyl (C=O) groups is 2. The van der Waals surface area contributed by atoms with E-state index in [4.69, 9.17) is 4.74 Å². The average molecular weight is 454 g/mol. The number of benzene rings is 1. The Morgan fingerprint density at radius 2 is 2.10 bits per heavy atom. The van der Waals surface area contributed by atoms with E-state index in [1.807, 2.05) is 0 Å². The minimum Gasteiger partial charge on any atom is -0.497 e. The molecule has 0 unspecified atom stereocenters. The first-order chi connectivity index (χ1) is 13.8. The molecule has 1 N–H and O–H groups in total. The summed E-state index contributed by atoms with van der Waals surface area (Å²) in [6.07, 6.45) is -0.102. The molecule has 1 aromatic carbocycles. The highest BCUT2D eigenvalue weighted by Crippen LogP contribution is 2.32. The topological polar surface area (TPSA) is 105 Å². The van der Waals surface area contributed by atoms with E-state index in [0.29, 0.717) is 11.4 Å². The Labute approximate surface area is 177 Å². The Balaban J connectivity index is 1.73. The number of methoxy groups -OCH3 is 1. The molecule has 1 fully saturated rings. The molecule has 0 aliphatic carbocycles. The maximum absolute atomic E-state index is 12.6. The SMILES string of the molecule is CCN1C(=O)[C@H](CC(=O)Nc2cccc(OC)c2)SC1=NS(=O)(=O)c1cccs1. The molecule has 1 aromatic heterocycles. The van der Waals surface area contributed by atoms with Crippen LogP contribution in [0.2, 0.25) is 0 Å². The predicted molar refractivity (Wildman–Crippen MR) is 114 cm³/mol. The first-order valence-electron chi connectivity index (χ1n) is 8.64. The Bertz CT molecular complexity index is 1030. The quantitative estimate of drug-likeness (QED) is 0.691. The number of nitrogens with one attached hydrogen (secondary N) is 1. The van der Waals surface area contributed by atoms with Gasteiger partial charge in [0.1, 0.15) is 15.2 Å². The molecule has 1 atom stereocenters. The van der Waals surface area contributed by atoms with E-state index < -0.39 is 15.3 Å². The van der Waals surface area contributed by atoms with Gasteiger partial charge in [-0.1, -0.05) is 23.9 Å². The van der Waals surface area contributed by atoms with Gasteiger partial charge in [-0.25, -0.2) is 0 Å². The molecule has 0 radical (unpaired) electrons. The maximum Gasteiger partial charge on any atom is 0.294 e. The summed E-state index contributed by atoms with van der Waals surface area (Å²) in [6, 6.07) is 9.95. The summed E-state index contributed by atoms with van der Waals surface area (Å²) in [7, 11) is -2.37. The van der Waals surface area contributed by atoms with Gasteiger partial charge in [0.2, 0.25) is 11.8 Å². The Morgan fingerprint density at radius 1 is 1.31 bits per heavy atom. The van der Waals surface area contributed by atoms with Gasteiger partial charge in [-0.2, -0.15) is 8.42 Å². The van der Waals surface area contributed by atoms with Crippen LogP contribution in [-0.2, 0) is 19.6 Å². The number of nitrogens with zero attached hydrogens (tertiary/aromatic N) is 2. The second kappa shape index (κ2) is 8.97. The molecule has 8 nitrogen and oxygen atoms in total. The van der Waals surface area contributed by atoms with Crippen LogP contribution in [0.1, 0.15) is 13.3 Å². The smallest absolute Gasteiger partial charge is 0.294 e. The van der Waals surface area contributed by atoms with E-state index in [1.54, 1.807) is 42.6 Å². The number of thioether (sulfide) groups is 1. The zero-order valence-corrected chi connectivity index (χ0v) is 18.1. The lowest BCUT2D eigenvalue weighted by molar-refractivity contribution is -0.128. The van der Waals surface area contributed by atoms with Crippen molar-refractivity contribution in [2.24, 2.45) is 4.40 Å². The number of ether oxygens (including phenoxy) is 1. The van der Waals surface area contributed by atoms with Gasteiger partial charge in [0.15, 0.2) is 5.17 Å². The van der Waals surface area contributed by atoms with E-state index in [-0.39, 0.29) is 34.2 Å². The number of anilines is 1. The minimum absolute atomic E-state index is 0.0880. The fraction of sp³-hybridized carbons (Fsp3) is 0.278. The fourth-order valence-electron chi connectivity index (χ4n) is 2.64. The number of rotatable bonds is 7. The van der Waals surface area contributed by atoms with E-state index in [0.717, 1.165) is 23.1 Å². The van der Waals surface area contributed by atoms with Crippen molar-refractivity contribution < 1.29 is 22.7 Å². The second-order valence-corrected chi connectivity index (χ2v) is 9.90. The zero-order valence-electron chi connectivity index (χ0n) is 15.7. The minimum atomic E-state index is -3.90. The number of sulfonamides is 1. The zero-order chi connectivity index (χ0) is 21.0. The van der Waals surface area contributed by atoms with Gasteiger partial charge < -0.3 is 10.1 Å². The number of hydrogen-bond acceptors (Lipinski definition) is 7. The summed E-state index contributed by atoms with van der Waals surface area (Å²) in [4.78, 5) is 26.3. The van der Waals surface area contributed by atoms with Crippen molar-refractivity contribution >= 4 is 55.8 Å². The van der Waals surface area contributed by atoms with Crippen LogP contribution in [-0.4, -0.2) is 49.2 Å². The third kappa shape index (κ3) is 4.98. The molecule has 2 amide bonds. The third-order valence-corrected chi connectivity index (χ3v) is 7.94. The average Bonchev–Trinajstić information content (AvgIpc) is 3.31. The van der Waals surface area contributed by atoms with E-state index in [1.165, 1.54) is 18.1 Å². The van der Waals surface area contributed by atoms with Crippen LogP contribution in [0.4, 0.5) is 5.69 Å². The van der Waals surface area contributed by atoms with Crippen molar-refractivity contribution in [2.75, 3.05) is 19.0 Å². The lowest BCUT2D eigenvalue weighted by Crippen LogP contribution is -2.33. The van der Waals surface area contributed by atoms with E-state index in [2.05, 4.69) is 9.71 Å². The summed E-state index contributed by atoms with van der Waals surface area (Å²) in [6.45, 7) is 1.99. The number of amidine groups is 1. The van der Waals surface area contributed by atoms with Crippen molar-refractivity contribution in [1.29, 1.82) is 0 Å². The lowest BCUT2D eigenvalue weighted by atomic mass is 10.2. The molecule has 1 aliphatic rings. The molecule has 0 bridgehead atoms. The van der Waals surface area contributed by atoms with Gasteiger partial charge in [-0.05, 0) is 30.5 Å². The van der Waals surface area contributed by atoms with Gasteiger partial charge in [-0.15, -0.1) is 15.7 Å². The highest BCUT2D eigenvalue weighted by Gasteiger charge is 2.39. The summed E-state index contributed by atoms with van der Waals surface area (Å²) in [5.74, 6) is -0.0968. The predicted octanol–water partition coefficient (Wildman–Crippen LogP) is 2.79. The van der Waals surface area contributed by atoms with Crippen LogP contribution in [0.3, 0.4) is 0 Å². The maximum atomic E-state index is 12.6. The molecule has 0 saturated carbocycles. The largest absolute Gasteiger partial charge is 0.497 e.